The Hall–Kier alpha value is -1.94. The second-order valence-electron chi connectivity index (χ2n) is 4.12. The third-order valence-electron chi connectivity index (χ3n) is 2.81. The van der Waals surface area contributed by atoms with E-state index in [1.807, 2.05) is 36.4 Å². The van der Waals surface area contributed by atoms with Crippen LogP contribution >= 0.6 is 12.2 Å². The number of rotatable bonds is 3. The first-order chi connectivity index (χ1) is 8.59. The van der Waals surface area contributed by atoms with Crippen molar-refractivity contribution in [3.05, 3.63) is 48.0 Å². The van der Waals surface area contributed by atoms with Gasteiger partial charge in [-0.3, -0.25) is 4.79 Å². The van der Waals surface area contributed by atoms with E-state index in [0.717, 1.165) is 10.8 Å². The Bertz CT molecular complexity index is 604. The van der Waals surface area contributed by atoms with Crippen molar-refractivity contribution < 1.29 is 4.79 Å². The van der Waals surface area contributed by atoms with Crippen LogP contribution in [-0.4, -0.2) is 16.9 Å². The summed E-state index contributed by atoms with van der Waals surface area (Å²) in [7, 11) is 0. The number of fused-ring (bicyclic) bond motifs is 1. The number of benzene rings is 2. The molecule has 1 amide bonds. The fraction of sp³-hybridized carbons (Fsp3) is 0.143. The van der Waals surface area contributed by atoms with Crippen LogP contribution in [0.1, 0.15) is 17.3 Å². The molecule has 0 spiro atoms. The van der Waals surface area contributed by atoms with Crippen molar-refractivity contribution in [1.29, 1.82) is 0 Å². The lowest BCUT2D eigenvalue weighted by Gasteiger charge is -2.13. The largest absolute Gasteiger partial charge is 0.392 e. The Morgan fingerprint density at radius 3 is 2.61 bits per heavy atom. The highest BCUT2D eigenvalue weighted by atomic mass is 32.1. The SMILES string of the molecule is CC(NC(=O)c1cccc2ccccc12)C(N)=S. The number of thiocarbonyl (C=S) groups is 1. The smallest absolute Gasteiger partial charge is 0.252 e. The van der Waals surface area contributed by atoms with Gasteiger partial charge in [-0.05, 0) is 23.8 Å². The van der Waals surface area contributed by atoms with E-state index in [4.69, 9.17) is 18.0 Å². The molecule has 1 atom stereocenters. The van der Waals surface area contributed by atoms with Gasteiger partial charge in [0.1, 0.15) is 0 Å². The highest BCUT2D eigenvalue weighted by molar-refractivity contribution is 7.80. The zero-order valence-corrected chi connectivity index (χ0v) is 10.8. The number of carbonyl (C=O) groups excluding carboxylic acids is 1. The lowest BCUT2D eigenvalue weighted by Crippen LogP contribution is -2.41. The van der Waals surface area contributed by atoms with Crippen LogP contribution < -0.4 is 11.1 Å². The average molecular weight is 258 g/mol. The molecule has 3 N–H and O–H groups in total. The van der Waals surface area contributed by atoms with Gasteiger partial charge < -0.3 is 11.1 Å². The molecular weight excluding hydrogens is 244 g/mol. The van der Waals surface area contributed by atoms with Gasteiger partial charge in [0.15, 0.2) is 0 Å². The Balaban J connectivity index is 2.36. The van der Waals surface area contributed by atoms with Crippen LogP contribution in [0.3, 0.4) is 0 Å². The van der Waals surface area contributed by atoms with Crippen LogP contribution in [0.5, 0.6) is 0 Å². The maximum atomic E-state index is 12.1. The first-order valence-corrected chi connectivity index (χ1v) is 6.08. The topological polar surface area (TPSA) is 55.1 Å². The van der Waals surface area contributed by atoms with Crippen LogP contribution in [0, 0.1) is 0 Å². The molecule has 0 aromatic heterocycles. The summed E-state index contributed by atoms with van der Waals surface area (Å²) in [6, 6.07) is 13.1. The molecule has 2 rings (SSSR count). The predicted octanol–water partition coefficient (Wildman–Crippen LogP) is 2.24. The van der Waals surface area contributed by atoms with Gasteiger partial charge in [-0.15, -0.1) is 0 Å². The quantitative estimate of drug-likeness (QED) is 0.830. The summed E-state index contributed by atoms with van der Waals surface area (Å²) >= 11 is 4.85. The normalized spacial score (nSPS) is 12.1. The molecule has 4 heteroatoms. The fourth-order valence-corrected chi connectivity index (χ4v) is 1.83. The third kappa shape index (κ3) is 2.49. The summed E-state index contributed by atoms with van der Waals surface area (Å²) in [5.41, 5.74) is 6.13. The molecule has 0 aliphatic carbocycles. The number of amides is 1. The van der Waals surface area contributed by atoms with Crippen LogP contribution in [-0.2, 0) is 0 Å². The molecule has 92 valence electrons. The highest BCUT2D eigenvalue weighted by Crippen LogP contribution is 2.18. The first-order valence-electron chi connectivity index (χ1n) is 5.67. The van der Waals surface area contributed by atoms with Crippen LogP contribution in [0.2, 0.25) is 0 Å². The van der Waals surface area contributed by atoms with E-state index in [1.54, 1.807) is 13.0 Å². The van der Waals surface area contributed by atoms with E-state index in [1.165, 1.54) is 0 Å². The van der Waals surface area contributed by atoms with E-state index < -0.39 is 0 Å². The molecule has 0 fully saturated rings. The molecule has 2 aromatic carbocycles. The van der Waals surface area contributed by atoms with E-state index in [9.17, 15) is 4.79 Å². The highest BCUT2D eigenvalue weighted by Gasteiger charge is 2.13. The minimum Gasteiger partial charge on any atom is -0.392 e. The Morgan fingerprint density at radius 2 is 1.89 bits per heavy atom. The number of nitrogens with one attached hydrogen (secondary N) is 1. The summed E-state index contributed by atoms with van der Waals surface area (Å²) < 4.78 is 0. The van der Waals surface area contributed by atoms with E-state index in [2.05, 4.69) is 5.32 Å². The summed E-state index contributed by atoms with van der Waals surface area (Å²) in [4.78, 5) is 12.4. The number of hydrogen-bond acceptors (Lipinski definition) is 2. The maximum absolute atomic E-state index is 12.1. The molecule has 0 heterocycles. The van der Waals surface area contributed by atoms with Crippen molar-refractivity contribution in [3.8, 4) is 0 Å². The standard InChI is InChI=1S/C14H14N2OS/c1-9(13(15)18)16-14(17)12-8-4-6-10-5-2-3-7-11(10)12/h2-9H,1H3,(H2,15,18)(H,16,17). The van der Waals surface area contributed by atoms with Gasteiger partial charge in [-0.2, -0.15) is 0 Å². The minimum atomic E-state index is -0.313. The number of carbonyl (C=O) groups is 1. The van der Waals surface area contributed by atoms with Crippen LogP contribution in [0.25, 0.3) is 10.8 Å². The molecule has 0 aliphatic heterocycles. The summed E-state index contributed by atoms with van der Waals surface area (Å²) in [5.74, 6) is -0.160. The zero-order valence-electron chi connectivity index (χ0n) is 10.0. The van der Waals surface area contributed by atoms with Gasteiger partial charge in [0.25, 0.3) is 5.91 Å². The molecule has 3 nitrogen and oxygen atoms in total. The van der Waals surface area contributed by atoms with Gasteiger partial charge in [0.2, 0.25) is 0 Å². The van der Waals surface area contributed by atoms with Gasteiger partial charge in [0.05, 0.1) is 11.0 Å². The first kappa shape index (κ1) is 12.5. The van der Waals surface area contributed by atoms with Gasteiger partial charge in [-0.25, -0.2) is 0 Å². The van der Waals surface area contributed by atoms with Crippen molar-refractivity contribution in [1.82, 2.24) is 5.32 Å². The van der Waals surface area contributed by atoms with Gasteiger partial charge in [-0.1, -0.05) is 48.6 Å². The molecule has 0 bridgehead atoms. The number of hydrogen-bond donors (Lipinski definition) is 2. The molecule has 0 radical (unpaired) electrons. The molecule has 18 heavy (non-hydrogen) atoms. The maximum Gasteiger partial charge on any atom is 0.252 e. The minimum absolute atomic E-state index is 0.160. The van der Waals surface area contributed by atoms with E-state index in [-0.39, 0.29) is 16.9 Å². The van der Waals surface area contributed by atoms with Crippen molar-refractivity contribution in [2.75, 3.05) is 0 Å². The van der Waals surface area contributed by atoms with Crippen LogP contribution in [0.4, 0.5) is 0 Å². The predicted molar refractivity (Wildman–Crippen MR) is 77.7 cm³/mol. The number of nitrogens with two attached hydrogens (primary N) is 1. The molecule has 0 saturated heterocycles. The van der Waals surface area contributed by atoms with Gasteiger partial charge >= 0.3 is 0 Å². The Morgan fingerprint density at radius 1 is 1.22 bits per heavy atom. The monoisotopic (exact) mass is 258 g/mol. The van der Waals surface area contributed by atoms with Crippen molar-refractivity contribution in [3.63, 3.8) is 0 Å². The lowest BCUT2D eigenvalue weighted by molar-refractivity contribution is 0.0951. The van der Waals surface area contributed by atoms with Crippen molar-refractivity contribution in [2.45, 2.75) is 13.0 Å². The lowest BCUT2D eigenvalue weighted by atomic mass is 10.0. The molecule has 0 saturated carbocycles. The Kier molecular flexibility index (Phi) is 3.58. The van der Waals surface area contributed by atoms with E-state index in [0.29, 0.717) is 5.56 Å². The summed E-state index contributed by atoms with van der Waals surface area (Å²) in [5, 5.41) is 4.74. The Labute approximate surface area is 111 Å². The average Bonchev–Trinajstić information content (AvgIpc) is 2.37. The fourth-order valence-electron chi connectivity index (χ4n) is 1.77. The molecular formula is C14H14N2OS. The third-order valence-corrected chi connectivity index (χ3v) is 3.16. The van der Waals surface area contributed by atoms with Gasteiger partial charge in [0, 0.05) is 5.56 Å². The van der Waals surface area contributed by atoms with Crippen molar-refractivity contribution >= 4 is 33.9 Å². The second-order valence-corrected chi connectivity index (χ2v) is 4.60. The second kappa shape index (κ2) is 5.14. The molecule has 2 aromatic rings. The summed E-state index contributed by atoms with van der Waals surface area (Å²) in [6.45, 7) is 1.77. The zero-order chi connectivity index (χ0) is 13.1. The molecule has 1 unspecified atom stereocenters. The van der Waals surface area contributed by atoms with Crippen molar-refractivity contribution in [2.24, 2.45) is 5.73 Å². The summed E-state index contributed by atoms with van der Waals surface area (Å²) in [6.07, 6.45) is 0. The molecule has 0 aliphatic rings. The van der Waals surface area contributed by atoms with E-state index >= 15 is 0 Å². The van der Waals surface area contributed by atoms with Crippen LogP contribution in [0.15, 0.2) is 42.5 Å².